The Kier molecular flexibility index (Phi) is 4.25. The number of benzene rings is 2. The Morgan fingerprint density at radius 3 is 2.50 bits per heavy atom. The molecule has 2 N–H and O–H groups in total. The lowest BCUT2D eigenvalue weighted by Crippen LogP contribution is -2.43. The molecule has 1 saturated heterocycles. The van der Waals surface area contributed by atoms with Crippen LogP contribution >= 0.6 is 11.8 Å². The molecular formula is C20H23N3S. The highest BCUT2D eigenvalue weighted by Crippen LogP contribution is 2.39. The van der Waals surface area contributed by atoms with E-state index >= 15 is 0 Å². The van der Waals surface area contributed by atoms with E-state index in [0.717, 1.165) is 26.2 Å². The maximum Gasteiger partial charge on any atom is 0.0511 e. The van der Waals surface area contributed by atoms with E-state index in [1.807, 2.05) is 11.8 Å². The molecule has 0 amide bonds. The van der Waals surface area contributed by atoms with Crippen molar-refractivity contribution in [3.05, 3.63) is 53.7 Å². The zero-order valence-electron chi connectivity index (χ0n) is 14.2. The van der Waals surface area contributed by atoms with Crippen molar-refractivity contribution in [1.29, 1.82) is 0 Å². The highest BCUT2D eigenvalue weighted by molar-refractivity contribution is 7.99. The van der Waals surface area contributed by atoms with Crippen molar-refractivity contribution in [1.82, 2.24) is 10.3 Å². The number of fused-ring (bicyclic) bond motifs is 1. The summed E-state index contributed by atoms with van der Waals surface area (Å²) < 4.78 is 0. The first kappa shape index (κ1) is 15.6. The molecule has 0 aliphatic carbocycles. The third kappa shape index (κ3) is 3.04. The largest absolute Gasteiger partial charge is 0.368 e. The summed E-state index contributed by atoms with van der Waals surface area (Å²) in [5.74, 6) is 0. The van der Waals surface area contributed by atoms with Gasteiger partial charge in [0, 0.05) is 53.1 Å². The van der Waals surface area contributed by atoms with Crippen LogP contribution in [0.4, 0.5) is 5.69 Å². The molecule has 0 saturated carbocycles. The monoisotopic (exact) mass is 337 g/mol. The molecule has 3 nitrogen and oxygen atoms in total. The van der Waals surface area contributed by atoms with E-state index in [9.17, 15) is 0 Å². The van der Waals surface area contributed by atoms with Crippen molar-refractivity contribution >= 4 is 28.4 Å². The molecule has 1 aliphatic heterocycles. The Bertz CT molecular complexity index is 862. The van der Waals surface area contributed by atoms with Crippen LogP contribution in [0.1, 0.15) is 11.1 Å². The van der Waals surface area contributed by atoms with Gasteiger partial charge in [-0.1, -0.05) is 30.0 Å². The lowest BCUT2D eigenvalue weighted by Gasteiger charge is -2.31. The highest BCUT2D eigenvalue weighted by Gasteiger charge is 2.16. The number of nitrogens with one attached hydrogen (secondary N) is 2. The summed E-state index contributed by atoms with van der Waals surface area (Å²) in [6.45, 7) is 8.58. The van der Waals surface area contributed by atoms with Crippen LogP contribution in [0.25, 0.3) is 10.9 Å². The van der Waals surface area contributed by atoms with Crippen molar-refractivity contribution < 1.29 is 0 Å². The minimum Gasteiger partial charge on any atom is -0.368 e. The first-order chi connectivity index (χ1) is 11.7. The second-order valence-electron chi connectivity index (χ2n) is 6.51. The maximum atomic E-state index is 3.44. The topological polar surface area (TPSA) is 31.1 Å². The summed E-state index contributed by atoms with van der Waals surface area (Å²) in [5.41, 5.74) is 5.19. The summed E-state index contributed by atoms with van der Waals surface area (Å²) >= 11 is 1.87. The molecule has 24 heavy (non-hydrogen) atoms. The molecule has 1 aromatic heterocycles. The quantitative estimate of drug-likeness (QED) is 0.745. The fourth-order valence-corrected chi connectivity index (χ4v) is 4.35. The molecule has 0 unspecified atom stereocenters. The Hall–Kier alpha value is -1.91. The molecular weight excluding hydrogens is 314 g/mol. The number of aromatic nitrogens is 1. The number of rotatable bonds is 3. The molecule has 0 bridgehead atoms. The van der Waals surface area contributed by atoms with Gasteiger partial charge < -0.3 is 15.2 Å². The summed E-state index contributed by atoms with van der Waals surface area (Å²) in [7, 11) is 0. The van der Waals surface area contributed by atoms with Gasteiger partial charge in [-0.3, -0.25) is 0 Å². The van der Waals surface area contributed by atoms with E-state index in [-0.39, 0.29) is 0 Å². The van der Waals surface area contributed by atoms with E-state index in [4.69, 9.17) is 0 Å². The molecule has 4 rings (SSSR count). The molecule has 124 valence electrons. The predicted octanol–water partition coefficient (Wildman–Crippen LogP) is 4.35. The van der Waals surface area contributed by atoms with Crippen molar-refractivity contribution in [3.63, 3.8) is 0 Å². The molecule has 2 heterocycles. The SMILES string of the molecule is Cc1ccc(Sc2c[nH]c3cc(C)ccc23)c(N2CCNCC2)c1. The first-order valence-corrected chi connectivity index (χ1v) is 9.34. The number of hydrogen-bond acceptors (Lipinski definition) is 3. The van der Waals surface area contributed by atoms with Crippen LogP contribution in [0.3, 0.4) is 0 Å². The van der Waals surface area contributed by atoms with E-state index in [2.05, 4.69) is 71.6 Å². The summed E-state index contributed by atoms with van der Waals surface area (Å²) in [6, 6.07) is 13.4. The van der Waals surface area contributed by atoms with Crippen LogP contribution in [0.2, 0.25) is 0 Å². The molecule has 0 radical (unpaired) electrons. The Balaban J connectivity index is 1.70. The molecule has 3 aromatic rings. The zero-order valence-corrected chi connectivity index (χ0v) is 15.0. The van der Waals surface area contributed by atoms with Gasteiger partial charge >= 0.3 is 0 Å². The molecule has 0 spiro atoms. The summed E-state index contributed by atoms with van der Waals surface area (Å²) in [4.78, 5) is 8.55. The van der Waals surface area contributed by atoms with Crippen LogP contribution in [0.5, 0.6) is 0 Å². The van der Waals surface area contributed by atoms with Gasteiger partial charge in [0.25, 0.3) is 0 Å². The van der Waals surface area contributed by atoms with Crippen molar-refractivity contribution in [3.8, 4) is 0 Å². The van der Waals surface area contributed by atoms with Crippen molar-refractivity contribution in [2.45, 2.75) is 23.6 Å². The minimum absolute atomic E-state index is 1.06. The van der Waals surface area contributed by atoms with Crippen LogP contribution < -0.4 is 10.2 Å². The van der Waals surface area contributed by atoms with Crippen LogP contribution in [-0.4, -0.2) is 31.2 Å². The van der Waals surface area contributed by atoms with Crippen molar-refractivity contribution in [2.24, 2.45) is 0 Å². The lowest BCUT2D eigenvalue weighted by molar-refractivity contribution is 0.587. The zero-order chi connectivity index (χ0) is 16.5. The fourth-order valence-electron chi connectivity index (χ4n) is 3.28. The van der Waals surface area contributed by atoms with Gasteiger partial charge in [-0.2, -0.15) is 0 Å². The average Bonchev–Trinajstić information content (AvgIpc) is 2.99. The van der Waals surface area contributed by atoms with E-state index < -0.39 is 0 Å². The Morgan fingerprint density at radius 2 is 1.67 bits per heavy atom. The molecule has 1 aliphatic rings. The maximum absolute atomic E-state index is 3.44. The van der Waals surface area contributed by atoms with Gasteiger partial charge in [-0.05, 0) is 43.2 Å². The number of anilines is 1. The number of aryl methyl sites for hydroxylation is 2. The van der Waals surface area contributed by atoms with Crippen molar-refractivity contribution in [2.75, 3.05) is 31.1 Å². The summed E-state index contributed by atoms with van der Waals surface area (Å²) in [5, 5.41) is 4.74. The van der Waals surface area contributed by atoms with Crippen LogP contribution in [0, 0.1) is 13.8 Å². The Labute approximate surface area is 147 Å². The average molecular weight is 337 g/mol. The smallest absolute Gasteiger partial charge is 0.0511 e. The Morgan fingerprint density at radius 1 is 0.917 bits per heavy atom. The number of hydrogen-bond donors (Lipinski definition) is 2. The van der Waals surface area contributed by atoms with Gasteiger partial charge in [-0.25, -0.2) is 0 Å². The molecule has 0 atom stereocenters. The normalized spacial score (nSPS) is 15.2. The second kappa shape index (κ2) is 6.54. The molecule has 2 aromatic carbocycles. The second-order valence-corrected chi connectivity index (χ2v) is 7.60. The van der Waals surface area contributed by atoms with Gasteiger partial charge in [0.2, 0.25) is 0 Å². The lowest BCUT2D eigenvalue weighted by atomic mass is 10.2. The van der Waals surface area contributed by atoms with Gasteiger partial charge in [-0.15, -0.1) is 0 Å². The van der Waals surface area contributed by atoms with Gasteiger partial charge in [0.15, 0.2) is 0 Å². The third-order valence-electron chi connectivity index (χ3n) is 4.59. The van der Waals surface area contributed by atoms with Crippen LogP contribution in [-0.2, 0) is 0 Å². The number of piperazine rings is 1. The summed E-state index contributed by atoms with van der Waals surface area (Å²) in [6.07, 6.45) is 2.14. The third-order valence-corrected chi connectivity index (χ3v) is 5.71. The van der Waals surface area contributed by atoms with E-state index in [1.54, 1.807) is 0 Å². The number of nitrogens with zero attached hydrogens (tertiary/aromatic N) is 1. The van der Waals surface area contributed by atoms with Gasteiger partial charge in [0.05, 0.1) is 5.69 Å². The van der Waals surface area contributed by atoms with E-state index in [1.165, 1.54) is 37.5 Å². The van der Waals surface area contributed by atoms with Gasteiger partial charge in [0.1, 0.15) is 0 Å². The number of aromatic amines is 1. The molecule has 4 heteroatoms. The standard InChI is InChI=1S/C20H23N3S/c1-14-3-5-16-17(11-14)22-13-20(16)24-19-6-4-15(2)12-18(19)23-9-7-21-8-10-23/h3-6,11-13,21-22H,7-10H2,1-2H3. The molecule has 1 fully saturated rings. The predicted molar refractivity (Wildman–Crippen MR) is 103 cm³/mol. The highest BCUT2D eigenvalue weighted by atomic mass is 32.2. The van der Waals surface area contributed by atoms with E-state index in [0.29, 0.717) is 0 Å². The first-order valence-electron chi connectivity index (χ1n) is 8.52. The van der Waals surface area contributed by atoms with Crippen LogP contribution in [0.15, 0.2) is 52.4 Å². The number of H-pyrrole nitrogens is 1. The fraction of sp³-hybridized carbons (Fsp3) is 0.300. The minimum atomic E-state index is 1.06.